The second-order valence-electron chi connectivity index (χ2n) is 5.29. The number of carbonyl (C=O) groups is 1. The van der Waals surface area contributed by atoms with E-state index in [-0.39, 0.29) is 10.7 Å². The van der Waals surface area contributed by atoms with Gasteiger partial charge in [-0.25, -0.2) is 0 Å². The molecule has 5 heteroatoms. The predicted octanol–water partition coefficient (Wildman–Crippen LogP) is 2.51. The molecule has 1 heterocycles. The Morgan fingerprint density at radius 2 is 2.35 bits per heavy atom. The maximum Gasteiger partial charge on any atom is 0.238 e. The summed E-state index contributed by atoms with van der Waals surface area (Å²) >= 11 is 1.99. The minimum Gasteiger partial charge on any atom is -0.497 e. The highest BCUT2D eigenvalue weighted by molar-refractivity contribution is 8.00. The van der Waals surface area contributed by atoms with Crippen LogP contribution in [-0.2, 0) is 4.79 Å². The molecule has 110 valence electrons. The third-order valence-electron chi connectivity index (χ3n) is 3.44. The van der Waals surface area contributed by atoms with Crippen molar-refractivity contribution in [3.63, 3.8) is 0 Å². The van der Waals surface area contributed by atoms with E-state index in [1.165, 1.54) is 18.6 Å². The topological polar surface area (TPSA) is 50.4 Å². The van der Waals surface area contributed by atoms with E-state index in [0.29, 0.717) is 6.54 Å². The van der Waals surface area contributed by atoms with Crippen LogP contribution in [0.3, 0.4) is 0 Å². The highest BCUT2D eigenvalue weighted by atomic mass is 32.2. The molecule has 20 heavy (non-hydrogen) atoms. The van der Waals surface area contributed by atoms with Crippen molar-refractivity contribution in [3.8, 4) is 5.75 Å². The molecule has 1 aliphatic rings. The SMILES string of the molecule is COc1cccc(NC(=O)CNCC2(C)CCCS2)c1. The van der Waals surface area contributed by atoms with Gasteiger partial charge in [0.2, 0.25) is 5.91 Å². The van der Waals surface area contributed by atoms with Gasteiger partial charge in [0.05, 0.1) is 13.7 Å². The van der Waals surface area contributed by atoms with Crippen molar-refractivity contribution in [1.29, 1.82) is 0 Å². The van der Waals surface area contributed by atoms with Crippen LogP contribution in [0, 0.1) is 0 Å². The summed E-state index contributed by atoms with van der Waals surface area (Å²) in [6, 6.07) is 7.38. The summed E-state index contributed by atoms with van der Waals surface area (Å²) < 4.78 is 5.42. The molecule has 0 bridgehead atoms. The van der Waals surface area contributed by atoms with E-state index >= 15 is 0 Å². The summed E-state index contributed by atoms with van der Waals surface area (Å²) in [5.41, 5.74) is 0.762. The van der Waals surface area contributed by atoms with E-state index in [9.17, 15) is 4.79 Å². The third kappa shape index (κ3) is 4.42. The van der Waals surface area contributed by atoms with Crippen molar-refractivity contribution in [1.82, 2.24) is 5.32 Å². The van der Waals surface area contributed by atoms with Gasteiger partial charge >= 0.3 is 0 Å². The zero-order chi connectivity index (χ0) is 14.4. The Balaban J connectivity index is 1.74. The molecule has 1 aromatic carbocycles. The van der Waals surface area contributed by atoms with Gasteiger partial charge < -0.3 is 15.4 Å². The quantitative estimate of drug-likeness (QED) is 0.846. The molecular weight excluding hydrogens is 272 g/mol. The second-order valence-corrected chi connectivity index (χ2v) is 6.97. The molecule has 2 N–H and O–H groups in total. The average molecular weight is 294 g/mol. The Kier molecular flexibility index (Phi) is 5.31. The van der Waals surface area contributed by atoms with Gasteiger partial charge in [0, 0.05) is 23.0 Å². The monoisotopic (exact) mass is 294 g/mol. The van der Waals surface area contributed by atoms with Crippen molar-refractivity contribution in [2.24, 2.45) is 0 Å². The molecular formula is C15H22N2O2S. The molecule has 0 radical (unpaired) electrons. The van der Waals surface area contributed by atoms with Crippen molar-refractivity contribution >= 4 is 23.4 Å². The van der Waals surface area contributed by atoms with Crippen LogP contribution in [0.4, 0.5) is 5.69 Å². The first-order valence-electron chi connectivity index (χ1n) is 6.90. The Morgan fingerprint density at radius 3 is 3.05 bits per heavy atom. The predicted molar refractivity (Wildman–Crippen MR) is 84.6 cm³/mol. The van der Waals surface area contributed by atoms with E-state index in [1.54, 1.807) is 7.11 Å². The molecule has 0 saturated carbocycles. The lowest BCUT2D eigenvalue weighted by Crippen LogP contribution is -2.37. The number of thioether (sulfide) groups is 1. The molecule has 0 spiro atoms. The fraction of sp³-hybridized carbons (Fsp3) is 0.533. The third-order valence-corrected chi connectivity index (χ3v) is 4.98. The van der Waals surface area contributed by atoms with E-state index < -0.39 is 0 Å². The Bertz CT molecular complexity index is 459. The zero-order valence-corrected chi connectivity index (χ0v) is 12.9. The van der Waals surface area contributed by atoms with Crippen LogP contribution in [0.2, 0.25) is 0 Å². The molecule has 1 unspecified atom stereocenters. The normalized spacial score (nSPS) is 21.7. The van der Waals surface area contributed by atoms with Crippen LogP contribution in [0.1, 0.15) is 19.8 Å². The highest BCUT2D eigenvalue weighted by Gasteiger charge is 2.28. The molecule has 1 aromatic rings. The number of rotatable bonds is 6. The van der Waals surface area contributed by atoms with Crippen LogP contribution in [0.15, 0.2) is 24.3 Å². The Morgan fingerprint density at radius 1 is 1.50 bits per heavy atom. The van der Waals surface area contributed by atoms with Gasteiger partial charge in [-0.3, -0.25) is 4.79 Å². The minimum atomic E-state index is -0.0233. The lowest BCUT2D eigenvalue weighted by atomic mass is 10.1. The lowest BCUT2D eigenvalue weighted by Gasteiger charge is -2.22. The first-order chi connectivity index (χ1) is 9.61. The van der Waals surface area contributed by atoms with Crippen LogP contribution in [0.5, 0.6) is 5.75 Å². The number of anilines is 1. The van der Waals surface area contributed by atoms with E-state index in [4.69, 9.17) is 4.74 Å². The van der Waals surface area contributed by atoms with Gasteiger partial charge in [0.1, 0.15) is 5.75 Å². The van der Waals surface area contributed by atoms with Crippen molar-refractivity contribution in [3.05, 3.63) is 24.3 Å². The van der Waals surface area contributed by atoms with Crippen LogP contribution >= 0.6 is 11.8 Å². The Hall–Kier alpha value is -1.20. The van der Waals surface area contributed by atoms with Gasteiger partial charge in [-0.05, 0) is 37.7 Å². The van der Waals surface area contributed by atoms with E-state index in [0.717, 1.165) is 18.0 Å². The summed E-state index contributed by atoms with van der Waals surface area (Å²) in [6.45, 7) is 3.48. The molecule has 1 amide bonds. The maximum absolute atomic E-state index is 11.9. The van der Waals surface area contributed by atoms with Crippen LogP contribution in [-0.4, -0.2) is 36.6 Å². The first kappa shape index (κ1) is 15.2. The largest absolute Gasteiger partial charge is 0.497 e. The molecule has 1 aliphatic heterocycles. The highest BCUT2D eigenvalue weighted by Crippen LogP contribution is 2.36. The number of amides is 1. The molecule has 1 saturated heterocycles. The molecule has 0 aliphatic carbocycles. The number of hydrogen-bond acceptors (Lipinski definition) is 4. The number of nitrogens with one attached hydrogen (secondary N) is 2. The molecule has 1 atom stereocenters. The summed E-state index contributed by atoms with van der Waals surface area (Å²) in [5, 5.41) is 6.12. The fourth-order valence-corrected chi connectivity index (χ4v) is 3.60. The zero-order valence-electron chi connectivity index (χ0n) is 12.1. The molecule has 1 fully saturated rings. The smallest absolute Gasteiger partial charge is 0.238 e. The van der Waals surface area contributed by atoms with Gasteiger partial charge in [-0.15, -0.1) is 0 Å². The van der Waals surface area contributed by atoms with Crippen molar-refractivity contribution < 1.29 is 9.53 Å². The van der Waals surface area contributed by atoms with E-state index in [2.05, 4.69) is 17.6 Å². The van der Waals surface area contributed by atoms with E-state index in [1.807, 2.05) is 36.0 Å². The number of carbonyl (C=O) groups excluding carboxylic acids is 1. The standard InChI is InChI=1S/C15H22N2O2S/c1-15(7-4-8-20-15)11-16-10-14(18)17-12-5-3-6-13(9-12)19-2/h3,5-6,9,16H,4,7-8,10-11H2,1-2H3,(H,17,18). The van der Waals surface area contributed by atoms with Crippen molar-refractivity contribution in [2.45, 2.75) is 24.5 Å². The number of ether oxygens (including phenoxy) is 1. The molecule has 0 aromatic heterocycles. The summed E-state index contributed by atoms with van der Waals surface area (Å²) in [6.07, 6.45) is 2.50. The average Bonchev–Trinajstić information content (AvgIpc) is 2.86. The first-order valence-corrected chi connectivity index (χ1v) is 7.88. The Labute approximate surface area is 124 Å². The molecule has 2 rings (SSSR count). The van der Waals surface area contributed by atoms with Gasteiger partial charge in [0.15, 0.2) is 0 Å². The number of benzene rings is 1. The fourth-order valence-electron chi connectivity index (χ4n) is 2.32. The minimum absolute atomic E-state index is 0.0233. The van der Waals surface area contributed by atoms with Gasteiger partial charge in [-0.2, -0.15) is 11.8 Å². The lowest BCUT2D eigenvalue weighted by molar-refractivity contribution is -0.115. The second kappa shape index (κ2) is 6.99. The number of hydrogen-bond donors (Lipinski definition) is 2. The maximum atomic E-state index is 11.9. The van der Waals surface area contributed by atoms with Gasteiger partial charge in [-0.1, -0.05) is 6.07 Å². The summed E-state index contributed by atoms with van der Waals surface area (Å²) in [4.78, 5) is 11.9. The molecule has 4 nitrogen and oxygen atoms in total. The number of methoxy groups -OCH3 is 1. The van der Waals surface area contributed by atoms with Crippen LogP contribution in [0.25, 0.3) is 0 Å². The summed E-state index contributed by atoms with van der Waals surface area (Å²) in [5.74, 6) is 1.95. The summed E-state index contributed by atoms with van der Waals surface area (Å²) in [7, 11) is 1.61. The van der Waals surface area contributed by atoms with Crippen LogP contribution < -0.4 is 15.4 Å². The van der Waals surface area contributed by atoms with Crippen molar-refractivity contribution in [2.75, 3.05) is 31.3 Å². The van der Waals surface area contributed by atoms with Gasteiger partial charge in [0.25, 0.3) is 0 Å².